The van der Waals surface area contributed by atoms with Crippen LogP contribution in [0.2, 0.25) is 0 Å². The van der Waals surface area contributed by atoms with Gasteiger partial charge in [0.15, 0.2) is 0 Å². The molecule has 0 aliphatic carbocycles. The van der Waals surface area contributed by atoms with E-state index < -0.39 is 11.9 Å². The Labute approximate surface area is 162 Å². The van der Waals surface area contributed by atoms with Crippen molar-refractivity contribution < 1.29 is 14.7 Å². The Bertz CT molecular complexity index is 854. The third-order valence-electron chi connectivity index (χ3n) is 5.90. The number of rotatable bonds is 3. The van der Waals surface area contributed by atoms with Gasteiger partial charge in [0.25, 0.3) is 0 Å². The molecule has 1 N–H and O–H groups in total. The monoisotopic (exact) mass is 388 g/mol. The van der Waals surface area contributed by atoms with E-state index in [1.165, 1.54) is 0 Å². The molecule has 2 aromatic rings. The molecule has 3 atom stereocenters. The summed E-state index contributed by atoms with van der Waals surface area (Å²) in [5, 5.41) is 12.5. The van der Waals surface area contributed by atoms with Gasteiger partial charge in [0.1, 0.15) is 17.0 Å². The maximum atomic E-state index is 13.2. The molecule has 27 heavy (non-hydrogen) atoms. The summed E-state index contributed by atoms with van der Waals surface area (Å²) in [5.74, 6) is -0.388. The number of hydrogen-bond donors (Lipinski definition) is 1. The average molecular weight is 388 g/mol. The van der Waals surface area contributed by atoms with Crippen LogP contribution in [0.1, 0.15) is 32.6 Å². The molecular formula is C19H24N4O3S. The van der Waals surface area contributed by atoms with Crippen LogP contribution in [0.15, 0.2) is 17.8 Å². The van der Waals surface area contributed by atoms with Gasteiger partial charge < -0.3 is 14.9 Å². The molecule has 0 bridgehead atoms. The fourth-order valence-corrected chi connectivity index (χ4v) is 5.15. The second-order valence-corrected chi connectivity index (χ2v) is 8.38. The van der Waals surface area contributed by atoms with Crippen molar-refractivity contribution in [2.24, 2.45) is 11.8 Å². The number of fused-ring (bicyclic) bond motifs is 1. The molecule has 0 spiro atoms. The molecule has 0 aromatic carbocycles. The first-order valence-electron chi connectivity index (χ1n) is 9.52. The van der Waals surface area contributed by atoms with Crippen LogP contribution in [0.25, 0.3) is 10.2 Å². The molecule has 2 fully saturated rings. The van der Waals surface area contributed by atoms with Crippen LogP contribution in [-0.4, -0.2) is 57.5 Å². The van der Waals surface area contributed by atoms with E-state index in [0.717, 1.165) is 41.8 Å². The van der Waals surface area contributed by atoms with Gasteiger partial charge in [0.2, 0.25) is 5.91 Å². The highest BCUT2D eigenvalue weighted by Gasteiger charge is 2.38. The first kappa shape index (κ1) is 18.2. The number of aliphatic carboxylic acids is 1. The van der Waals surface area contributed by atoms with E-state index in [1.807, 2.05) is 18.4 Å². The molecule has 2 aliphatic rings. The van der Waals surface area contributed by atoms with E-state index in [4.69, 9.17) is 0 Å². The number of carbonyl (C=O) groups excluding carboxylic acids is 1. The summed E-state index contributed by atoms with van der Waals surface area (Å²) in [7, 11) is 0. The van der Waals surface area contributed by atoms with Gasteiger partial charge in [-0.05, 0) is 44.1 Å². The van der Waals surface area contributed by atoms with Crippen molar-refractivity contribution in [2.45, 2.75) is 38.6 Å². The van der Waals surface area contributed by atoms with Gasteiger partial charge in [-0.15, -0.1) is 11.3 Å². The molecule has 1 unspecified atom stereocenters. The lowest BCUT2D eigenvalue weighted by atomic mass is 9.88. The molecule has 8 heteroatoms. The number of carboxylic acids is 1. The molecule has 0 radical (unpaired) electrons. The molecule has 0 saturated carbocycles. The smallest absolute Gasteiger partial charge is 0.308 e. The number of aromatic nitrogens is 2. The summed E-state index contributed by atoms with van der Waals surface area (Å²) in [6, 6.07) is 1.78. The minimum atomic E-state index is -0.800. The highest BCUT2D eigenvalue weighted by atomic mass is 32.1. The zero-order valence-corrected chi connectivity index (χ0v) is 16.2. The number of likely N-dealkylation sites (tertiary alicyclic amines) is 1. The van der Waals surface area contributed by atoms with Gasteiger partial charge in [-0.25, -0.2) is 9.97 Å². The Balaban J connectivity index is 1.52. The first-order valence-corrected chi connectivity index (χ1v) is 10.4. The first-order chi connectivity index (χ1) is 13.1. The minimum absolute atomic E-state index is 0.0915. The van der Waals surface area contributed by atoms with E-state index in [1.54, 1.807) is 22.6 Å². The molecule has 2 aromatic heterocycles. The van der Waals surface area contributed by atoms with E-state index in [0.29, 0.717) is 19.5 Å². The minimum Gasteiger partial charge on any atom is -0.481 e. The maximum Gasteiger partial charge on any atom is 0.308 e. The SMILES string of the molecule is C[C@@H]1[C@H](C(=O)O)CCCN1C(=O)C1CCCN(c2ncnc3sccc23)C1. The molecular weight excluding hydrogens is 364 g/mol. The number of piperidine rings is 2. The maximum absolute atomic E-state index is 13.2. The Morgan fingerprint density at radius 2 is 2.04 bits per heavy atom. The van der Waals surface area contributed by atoms with E-state index >= 15 is 0 Å². The van der Waals surface area contributed by atoms with Crippen LogP contribution < -0.4 is 4.90 Å². The van der Waals surface area contributed by atoms with Crippen molar-refractivity contribution in [3.05, 3.63) is 17.8 Å². The molecule has 1 amide bonds. The number of anilines is 1. The lowest BCUT2D eigenvalue weighted by molar-refractivity contribution is -0.150. The van der Waals surface area contributed by atoms with Crippen LogP contribution in [0.5, 0.6) is 0 Å². The van der Waals surface area contributed by atoms with Crippen molar-refractivity contribution in [3.8, 4) is 0 Å². The summed E-state index contributed by atoms with van der Waals surface area (Å²) in [6.07, 6.45) is 4.76. The number of carbonyl (C=O) groups is 2. The highest BCUT2D eigenvalue weighted by Crippen LogP contribution is 2.32. The van der Waals surface area contributed by atoms with Crippen molar-refractivity contribution in [2.75, 3.05) is 24.5 Å². The summed E-state index contributed by atoms with van der Waals surface area (Å²) in [5.41, 5.74) is 0. The van der Waals surface area contributed by atoms with Gasteiger partial charge in [0, 0.05) is 25.7 Å². The predicted molar refractivity (Wildman–Crippen MR) is 104 cm³/mol. The molecule has 7 nitrogen and oxygen atoms in total. The standard InChI is InChI=1S/C19H24N4O3S/c1-12-14(19(25)26)5-3-8-23(12)18(24)13-4-2-7-22(10-13)16-15-6-9-27-17(15)21-11-20-16/h6,9,11-14H,2-5,7-8,10H2,1H3,(H,25,26)/t12-,13?,14-/m1/s1. The second-order valence-electron chi connectivity index (χ2n) is 7.48. The third kappa shape index (κ3) is 3.38. The Hall–Kier alpha value is -2.22. The Morgan fingerprint density at radius 3 is 2.85 bits per heavy atom. The number of nitrogens with zero attached hydrogens (tertiary/aromatic N) is 4. The molecule has 2 saturated heterocycles. The fourth-order valence-electron chi connectivity index (χ4n) is 4.42. The van der Waals surface area contributed by atoms with Gasteiger partial charge in [-0.3, -0.25) is 9.59 Å². The van der Waals surface area contributed by atoms with Crippen molar-refractivity contribution in [1.82, 2.24) is 14.9 Å². The van der Waals surface area contributed by atoms with Gasteiger partial charge >= 0.3 is 5.97 Å². The molecule has 4 heterocycles. The number of hydrogen-bond acceptors (Lipinski definition) is 6. The summed E-state index contributed by atoms with van der Waals surface area (Å²) >= 11 is 1.59. The zero-order chi connectivity index (χ0) is 19.0. The Morgan fingerprint density at radius 1 is 1.22 bits per heavy atom. The molecule has 4 rings (SSSR count). The average Bonchev–Trinajstić information content (AvgIpc) is 3.16. The van der Waals surface area contributed by atoms with Crippen LogP contribution in [0.4, 0.5) is 5.82 Å². The van der Waals surface area contributed by atoms with Gasteiger partial charge in [0.05, 0.1) is 17.2 Å². The fraction of sp³-hybridized carbons (Fsp3) is 0.579. The van der Waals surface area contributed by atoms with Crippen molar-refractivity contribution in [3.63, 3.8) is 0 Å². The van der Waals surface area contributed by atoms with E-state index in [2.05, 4.69) is 14.9 Å². The summed E-state index contributed by atoms with van der Waals surface area (Å²) in [6.45, 7) is 4.03. The van der Waals surface area contributed by atoms with E-state index in [-0.39, 0.29) is 17.9 Å². The normalized spacial score (nSPS) is 26.3. The van der Waals surface area contributed by atoms with Crippen LogP contribution in [0.3, 0.4) is 0 Å². The summed E-state index contributed by atoms with van der Waals surface area (Å²) in [4.78, 5) is 38.4. The van der Waals surface area contributed by atoms with Gasteiger partial charge in [-0.2, -0.15) is 0 Å². The molecule has 144 valence electrons. The second kappa shape index (κ2) is 7.42. The van der Waals surface area contributed by atoms with Gasteiger partial charge in [-0.1, -0.05) is 0 Å². The van der Waals surface area contributed by atoms with Crippen molar-refractivity contribution in [1.29, 1.82) is 0 Å². The highest BCUT2D eigenvalue weighted by molar-refractivity contribution is 7.16. The lowest BCUT2D eigenvalue weighted by Crippen LogP contribution is -2.53. The Kier molecular flexibility index (Phi) is 4.99. The lowest BCUT2D eigenvalue weighted by Gasteiger charge is -2.41. The van der Waals surface area contributed by atoms with Crippen LogP contribution in [-0.2, 0) is 9.59 Å². The third-order valence-corrected chi connectivity index (χ3v) is 6.72. The van der Waals surface area contributed by atoms with Crippen LogP contribution >= 0.6 is 11.3 Å². The largest absolute Gasteiger partial charge is 0.481 e. The molecule has 2 aliphatic heterocycles. The van der Waals surface area contributed by atoms with Crippen LogP contribution in [0, 0.1) is 11.8 Å². The zero-order valence-electron chi connectivity index (χ0n) is 15.4. The number of amides is 1. The predicted octanol–water partition coefficient (Wildman–Crippen LogP) is 2.62. The topological polar surface area (TPSA) is 86.6 Å². The summed E-state index contributed by atoms with van der Waals surface area (Å²) < 4.78 is 0. The van der Waals surface area contributed by atoms with E-state index in [9.17, 15) is 14.7 Å². The number of thiophene rings is 1. The quantitative estimate of drug-likeness (QED) is 0.870. The number of carboxylic acid groups (broad SMARTS) is 1. The van der Waals surface area contributed by atoms with Crippen molar-refractivity contribution >= 4 is 39.2 Å².